The van der Waals surface area contributed by atoms with Crippen molar-refractivity contribution in [1.82, 2.24) is 9.97 Å². The molecular weight excluding hydrogens is 137 g/mol. The number of hydrogen-bond acceptors (Lipinski definition) is 1. The third-order valence-corrected chi connectivity index (χ3v) is 2.09. The lowest BCUT2D eigenvalue weighted by Gasteiger charge is -1.79. The fraction of sp³-hybridized carbons (Fsp3) is 0. The highest BCUT2D eigenvalue weighted by atomic mass is 31.0. The van der Waals surface area contributed by atoms with Gasteiger partial charge in [0.05, 0.1) is 16.6 Å². The van der Waals surface area contributed by atoms with Gasteiger partial charge in [0.25, 0.3) is 0 Å². The van der Waals surface area contributed by atoms with E-state index in [0.717, 1.165) is 16.6 Å². The topological polar surface area (TPSA) is 28.7 Å². The first kappa shape index (κ1) is 6.26. The van der Waals surface area contributed by atoms with Crippen LogP contribution in [0.4, 0.5) is 0 Å². The van der Waals surface area contributed by atoms with E-state index in [1.54, 1.807) is 0 Å². The zero-order valence-electron chi connectivity index (χ0n) is 4.60. The third kappa shape index (κ3) is 1.10. The van der Waals surface area contributed by atoms with Crippen LogP contribution in [0.3, 0.4) is 0 Å². The maximum Gasteiger partial charge on any atom is 0.186 e. The van der Waals surface area contributed by atoms with Crippen molar-refractivity contribution in [3.8, 4) is 0 Å². The van der Waals surface area contributed by atoms with Crippen LogP contribution in [0.1, 0.15) is 0 Å². The van der Waals surface area contributed by atoms with Gasteiger partial charge in [-0.15, -0.1) is 0 Å². The van der Waals surface area contributed by atoms with Crippen LogP contribution in [-0.2, 0) is 0 Å². The zero-order chi connectivity index (χ0) is 6.15. The van der Waals surface area contributed by atoms with Gasteiger partial charge < -0.3 is 4.98 Å². The van der Waals surface area contributed by atoms with Crippen molar-refractivity contribution >= 4 is 42.9 Å². The SMILES string of the molecule is Bc1nc(P)c(P)[nH]1. The lowest BCUT2D eigenvalue weighted by molar-refractivity contribution is 1.44. The standard InChI is InChI=1S/C3H7BN2P2/c4-3-5-1(7)2(8)6-3/h4,7-8H2,(H,5,6). The van der Waals surface area contributed by atoms with Gasteiger partial charge in [-0.2, -0.15) is 0 Å². The Morgan fingerprint density at radius 2 is 2.12 bits per heavy atom. The van der Waals surface area contributed by atoms with Crippen molar-refractivity contribution in [1.29, 1.82) is 0 Å². The Morgan fingerprint density at radius 1 is 1.50 bits per heavy atom. The predicted molar refractivity (Wildman–Crippen MR) is 45.5 cm³/mol. The summed E-state index contributed by atoms with van der Waals surface area (Å²) in [7, 11) is 7.05. The molecule has 0 aromatic carbocycles. The van der Waals surface area contributed by atoms with Crippen LogP contribution in [0.2, 0.25) is 0 Å². The first-order valence-electron chi connectivity index (χ1n) is 2.27. The van der Waals surface area contributed by atoms with E-state index in [-0.39, 0.29) is 0 Å². The molecule has 2 atom stereocenters. The number of imidazole rings is 1. The minimum Gasteiger partial charge on any atom is -0.351 e. The van der Waals surface area contributed by atoms with Crippen LogP contribution in [0, 0.1) is 0 Å². The maximum atomic E-state index is 4.10. The Hall–Kier alpha value is 0.135. The normalized spacial score (nSPS) is 9.75. The number of hydrogen-bond donors (Lipinski definition) is 1. The molecule has 0 amide bonds. The van der Waals surface area contributed by atoms with E-state index < -0.39 is 0 Å². The van der Waals surface area contributed by atoms with E-state index in [1.807, 2.05) is 7.85 Å². The van der Waals surface area contributed by atoms with Gasteiger partial charge in [-0.25, -0.2) is 4.98 Å². The minimum atomic E-state index is 0.958. The van der Waals surface area contributed by atoms with Gasteiger partial charge in [-0.3, -0.25) is 0 Å². The molecule has 5 heteroatoms. The lowest BCUT2D eigenvalue weighted by Crippen LogP contribution is -2.08. The second-order valence-corrected chi connectivity index (χ2v) is 2.75. The zero-order valence-corrected chi connectivity index (χ0v) is 6.91. The molecule has 2 unspecified atom stereocenters. The molecule has 1 rings (SSSR count). The molecule has 8 heavy (non-hydrogen) atoms. The molecule has 1 heterocycles. The summed E-state index contributed by atoms with van der Waals surface area (Å²) in [6, 6.07) is 0. The highest BCUT2D eigenvalue weighted by Crippen LogP contribution is 1.81. The number of aromatic nitrogens is 2. The molecule has 0 fully saturated rings. The number of aromatic amines is 1. The minimum absolute atomic E-state index is 0.958. The summed E-state index contributed by atoms with van der Waals surface area (Å²) in [4.78, 5) is 7.14. The van der Waals surface area contributed by atoms with Crippen molar-refractivity contribution in [2.24, 2.45) is 0 Å². The van der Waals surface area contributed by atoms with E-state index in [2.05, 4.69) is 28.4 Å². The first-order valence-corrected chi connectivity index (χ1v) is 3.43. The van der Waals surface area contributed by atoms with Gasteiger partial charge >= 0.3 is 0 Å². The molecule has 0 bridgehead atoms. The molecule has 0 radical (unpaired) electrons. The largest absolute Gasteiger partial charge is 0.351 e. The molecule has 42 valence electrons. The fourth-order valence-corrected chi connectivity index (χ4v) is 1.07. The van der Waals surface area contributed by atoms with Gasteiger partial charge in [0, 0.05) is 0 Å². The average Bonchev–Trinajstić information content (AvgIpc) is 1.85. The summed E-state index contributed by atoms with van der Waals surface area (Å²) in [5.41, 5.74) is 2.99. The van der Waals surface area contributed by atoms with Crippen LogP contribution in [-0.4, -0.2) is 17.8 Å². The third-order valence-electron chi connectivity index (χ3n) is 0.880. The molecule has 1 aromatic heterocycles. The molecule has 0 spiro atoms. The summed E-state index contributed by atoms with van der Waals surface area (Å²) < 4.78 is 0. The van der Waals surface area contributed by atoms with Crippen molar-refractivity contribution in [2.45, 2.75) is 0 Å². The number of rotatable bonds is 0. The highest BCUT2D eigenvalue weighted by Gasteiger charge is 1.94. The number of nitrogens with zero attached hydrogens (tertiary/aromatic N) is 1. The van der Waals surface area contributed by atoms with Crippen molar-refractivity contribution < 1.29 is 0 Å². The fourth-order valence-electron chi connectivity index (χ4n) is 0.528. The van der Waals surface area contributed by atoms with Crippen LogP contribution >= 0.6 is 18.5 Å². The Labute approximate surface area is 53.7 Å². The maximum absolute atomic E-state index is 4.10. The molecular formula is C3H7BN2P2. The van der Waals surface area contributed by atoms with Gasteiger partial charge in [0.15, 0.2) is 7.85 Å². The molecule has 0 aliphatic rings. The molecule has 0 saturated carbocycles. The van der Waals surface area contributed by atoms with Crippen LogP contribution in [0.15, 0.2) is 0 Å². The van der Waals surface area contributed by atoms with E-state index in [0.29, 0.717) is 0 Å². The number of nitrogens with one attached hydrogen (secondary N) is 1. The Morgan fingerprint density at radius 3 is 2.25 bits per heavy atom. The predicted octanol–water partition coefficient (Wildman–Crippen LogP) is -2.33. The second-order valence-electron chi connectivity index (χ2n) is 1.62. The molecule has 1 N–H and O–H groups in total. The van der Waals surface area contributed by atoms with Gasteiger partial charge in [0.2, 0.25) is 0 Å². The Bertz CT molecular complexity index is 178. The highest BCUT2D eigenvalue weighted by molar-refractivity contribution is 7.35. The molecule has 0 aliphatic heterocycles. The lowest BCUT2D eigenvalue weighted by atomic mass is 10.1. The first-order chi connectivity index (χ1) is 3.70. The van der Waals surface area contributed by atoms with Crippen molar-refractivity contribution in [2.75, 3.05) is 0 Å². The van der Waals surface area contributed by atoms with Gasteiger partial charge in [0.1, 0.15) is 0 Å². The van der Waals surface area contributed by atoms with Crippen molar-refractivity contribution in [3.63, 3.8) is 0 Å². The molecule has 1 aromatic rings. The van der Waals surface area contributed by atoms with Crippen molar-refractivity contribution in [3.05, 3.63) is 0 Å². The average molecular weight is 144 g/mol. The van der Waals surface area contributed by atoms with Crippen LogP contribution in [0.5, 0.6) is 0 Å². The van der Waals surface area contributed by atoms with E-state index in [1.165, 1.54) is 0 Å². The Kier molecular flexibility index (Phi) is 1.69. The molecule has 0 aliphatic carbocycles. The molecule has 0 saturated heterocycles. The van der Waals surface area contributed by atoms with E-state index >= 15 is 0 Å². The van der Waals surface area contributed by atoms with Gasteiger partial charge in [-0.1, -0.05) is 18.5 Å². The second kappa shape index (κ2) is 2.17. The summed E-state index contributed by atoms with van der Waals surface area (Å²) in [6.07, 6.45) is 0. The smallest absolute Gasteiger partial charge is 0.186 e. The van der Waals surface area contributed by atoms with Gasteiger partial charge in [-0.05, 0) is 0 Å². The Balaban J connectivity index is 3.14. The molecule has 2 nitrogen and oxygen atoms in total. The summed E-state index contributed by atoms with van der Waals surface area (Å²) in [5.74, 6) is 0. The van der Waals surface area contributed by atoms with Crippen LogP contribution < -0.4 is 16.6 Å². The quantitative estimate of drug-likeness (QED) is 0.321. The van der Waals surface area contributed by atoms with Crippen LogP contribution in [0.25, 0.3) is 0 Å². The summed E-state index contributed by atoms with van der Waals surface area (Å²) >= 11 is 0. The number of H-pyrrole nitrogens is 1. The monoisotopic (exact) mass is 144 g/mol. The van der Waals surface area contributed by atoms with E-state index in [9.17, 15) is 0 Å². The summed E-state index contributed by atoms with van der Waals surface area (Å²) in [5, 5.41) is 0. The summed E-state index contributed by atoms with van der Waals surface area (Å²) in [6.45, 7) is 0. The van der Waals surface area contributed by atoms with E-state index in [4.69, 9.17) is 0 Å².